The van der Waals surface area contributed by atoms with E-state index in [-0.39, 0.29) is 11.9 Å². The molecule has 1 aromatic rings. The number of ether oxygens (including phenoxy) is 1. The van der Waals surface area contributed by atoms with Crippen molar-refractivity contribution in [3.8, 4) is 0 Å². The summed E-state index contributed by atoms with van der Waals surface area (Å²) in [5.41, 5.74) is 1.83. The second-order valence-electron chi connectivity index (χ2n) is 8.58. The van der Waals surface area contributed by atoms with Crippen LogP contribution in [0.2, 0.25) is 5.02 Å². The number of morpholine rings is 1. The van der Waals surface area contributed by atoms with E-state index in [9.17, 15) is 4.79 Å². The van der Waals surface area contributed by atoms with E-state index in [4.69, 9.17) is 16.3 Å². The van der Waals surface area contributed by atoms with Gasteiger partial charge in [-0.2, -0.15) is 0 Å². The molecule has 3 atom stereocenters. The van der Waals surface area contributed by atoms with Gasteiger partial charge in [0.25, 0.3) is 0 Å². The summed E-state index contributed by atoms with van der Waals surface area (Å²) in [7, 11) is 0. The highest BCUT2D eigenvalue weighted by molar-refractivity contribution is 6.31. The smallest absolute Gasteiger partial charge is 0.241 e. The highest BCUT2D eigenvalue weighted by Gasteiger charge is 2.29. The number of hydrogen-bond acceptors (Lipinski definition) is 4. The zero-order valence-corrected chi connectivity index (χ0v) is 18.3. The normalized spacial score (nSPS) is 26.2. The molecule has 5 nitrogen and oxygen atoms in total. The number of piperidine rings is 1. The Balaban J connectivity index is 1.47. The Labute approximate surface area is 174 Å². The fraction of sp³-hybridized carbons (Fsp3) is 0.682. The van der Waals surface area contributed by atoms with Crippen LogP contribution in [0.3, 0.4) is 0 Å². The van der Waals surface area contributed by atoms with Crippen molar-refractivity contribution in [2.75, 3.05) is 38.0 Å². The first-order chi connectivity index (χ1) is 13.3. The largest absolute Gasteiger partial charge is 0.373 e. The van der Waals surface area contributed by atoms with E-state index >= 15 is 0 Å². The van der Waals surface area contributed by atoms with Crippen molar-refractivity contribution in [1.29, 1.82) is 0 Å². The summed E-state index contributed by atoms with van der Waals surface area (Å²) in [6.45, 7) is 13.5. The average molecular weight is 408 g/mol. The molecular formula is C22H34ClN3O2. The molecule has 2 heterocycles. The fourth-order valence-corrected chi connectivity index (χ4v) is 4.63. The van der Waals surface area contributed by atoms with Gasteiger partial charge in [0, 0.05) is 30.3 Å². The molecule has 0 aromatic heterocycles. The Morgan fingerprint density at radius 2 is 1.89 bits per heavy atom. The molecule has 2 aliphatic heterocycles. The molecule has 3 rings (SSSR count). The van der Waals surface area contributed by atoms with E-state index in [1.165, 1.54) is 0 Å². The third-order valence-electron chi connectivity index (χ3n) is 6.05. The van der Waals surface area contributed by atoms with Gasteiger partial charge in [-0.1, -0.05) is 17.7 Å². The quantitative estimate of drug-likeness (QED) is 0.806. The van der Waals surface area contributed by atoms with Crippen molar-refractivity contribution >= 4 is 23.2 Å². The standard InChI is InChI=1S/C22H34ClN3O2/c1-15-5-6-20(23)11-21(15)24-22(27)18(4)26-9-7-19(8-10-26)14-25-12-16(2)28-17(3)13-25/h5-6,11,16-19H,7-10,12-14H2,1-4H3,(H,24,27). The van der Waals surface area contributed by atoms with Gasteiger partial charge in [0.1, 0.15) is 0 Å². The van der Waals surface area contributed by atoms with Crippen LogP contribution in [-0.4, -0.2) is 66.7 Å². The number of benzene rings is 1. The molecule has 2 saturated heterocycles. The molecule has 1 aromatic carbocycles. The summed E-state index contributed by atoms with van der Waals surface area (Å²) in [4.78, 5) is 17.6. The third kappa shape index (κ3) is 5.69. The molecule has 0 spiro atoms. The number of amides is 1. The van der Waals surface area contributed by atoms with Crippen LogP contribution in [0.1, 0.15) is 39.2 Å². The number of anilines is 1. The second kappa shape index (κ2) is 9.57. The van der Waals surface area contributed by atoms with E-state index in [1.807, 2.05) is 32.0 Å². The van der Waals surface area contributed by atoms with Crippen LogP contribution in [0.25, 0.3) is 0 Å². The Morgan fingerprint density at radius 3 is 2.54 bits per heavy atom. The summed E-state index contributed by atoms with van der Waals surface area (Å²) in [6.07, 6.45) is 2.94. The summed E-state index contributed by atoms with van der Waals surface area (Å²) in [5.74, 6) is 0.749. The van der Waals surface area contributed by atoms with Crippen LogP contribution in [-0.2, 0) is 9.53 Å². The van der Waals surface area contributed by atoms with E-state index in [1.54, 1.807) is 0 Å². The summed E-state index contributed by atoms with van der Waals surface area (Å²) < 4.78 is 5.84. The SMILES string of the molecule is Cc1ccc(Cl)cc1NC(=O)C(C)N1CCC(CN2CC(C)OC(C)C2)CC1. The Kier molecular flexibility index (Phi) is 7.37. The highest BCUT2D eigenvalue weighted by Crippen LogP contribution is 2.24. The predicted molar refractivity (Wildman–Crippen MR) is 115 cm³/mol. The van der Waals surface area contributed by atoms with Gasteiger partial charge in [0.05, 0.1) is 18.2 Å². The van der Waals surface area contributed by atoms with Gasteiger partial charge < -0.3 is 10.1 Å². The number of carbonyl (C=O) groups excluding carboxylic acids is 1. The maximum absolute atomic E-state index is 12.7. The van der Waals surface area contributed by atoms with Crippen LogP contribution in [0.4, 0.5) is 5.69 Å². The lowest BCUT2D eigenvalue weighted by Gasteiger charge is -2.40. The first-order valence-corrected chi connectivity index (χ1v) is 10.9. The summed E-state index contributed by atoms with van der Waals surface area (Å²) in [6, 6.07) is 5.46. The number of carbonyl (C=O) groups is 1. The lowest BCUT2D eigenvalue weighted by molar-refractivity contribution is -0.121. The number of nitrogens with zero attached hydrogens (tertiary/aromatic N) is 2. The number of aryl methyl sites for hydroxylation is 1. The second-order valence-corrected chi connectivity index (χ2v) is 9.02. The molecule has 1 N–H and O–H groups in total. The summed E-state index contributed by atoms with van der Waals surface area (Å²) in [5, 5.41) is 3.69. The highest BCUT2D eigenvalue weighted by atomic mass is 35.5. The average Bonchev–Trinajstić information content (AvgIpc) is 2.64. The van der Waals surface area contributed by atoms with Gasteiger partial charge in [0.2, 0.25) is 5.91 Å². The van der Waals surface area contributed by atoms with Crippen molar-refractivity contribution in [2.45, 2.75) is 58.8 Å². The molecule has 6 heteroatoms. The molecule has 28 heavy (non-hydrogen) atoms. The monoisotopic (exact) mass is 407 g/mol. The first kappa shape index (κ1) is 21.6. The van der Waals surface area contributed by atoms with Gasteiger partial charge in [-0.05, 0) is 77.2 Å². The van der Waals surface area contributed by atoms with Gasteiger partial charge in [0.15, 0.2) is 0 Å². The molecule has 0 radical (unpaired) electrons. The molecule has 0 aliphatic carbocycles. The molecule has 0 saturated carbocycles. The van der Waals surface area contributed by atoms with E-state index in [2.05, 4.69) is 29.0 Å². The molecular weight excluding hydrogens is 374 g/mol. The maximum Gasteiger partial charge on any atom is 0.241 e. The van der Waals surface area contributed by atoms with Gasteiger partial charge in [-0.25, -0.2) is 0 Å². The van der Waals surface area contributed by atoms with Crippen molar-refractivity contribution in [2.24, 2.45) is 5.92 Å². The third-order valence-corrected chi connectivity index (χ3v) is 6.28. The van der Waals surface area contributed by atoms with E-state index in [0.29, 0.717) is 23.1 Å². The van der Waals surface area contributed by atoms with Crippen molar-refractivity contribution in [1.82, 2.24) is 9.80 Å². The lowest BCUT2D eigenvalue weighted by atomic mass is 9.94. The van der Waals surface area contributed by atoms with E-state index < -0.39 is 0 Å². The number of rotatable bonds is 5. The molecule has 2 fully saturated rings. The van der Waals surface area contributed by atoms with Crippen molar-refractivity contribution in [3.63, 3.8) is 0 Å². The predicted octanol–water partition coefficient (Wildman–Crippen LogP) is 3.80. The number of halogens is 1. The zero-order chi connectivity index (χ0) is 20.3. The Morgan fingerprint density at radius 1 is 1.25 bits per heavy atom. The molecule has 0 bridgehead atoms. The Bertz CT molecular complexity index is 666. The Hall–Kier alpha value is -1.14. The van der Waals surface area contributed by atoms with E-state index in [0.717, 1.165) is 56.8 Å². The summed E-state index contributed by atoms with van der Waals surface area (Å²) >= 11 is 6.07. The number of nitrogens with one attached hydrogen (secondary N) is 1. The molecule has 1 amide bonds. The van der Waals surface area contributed by atoms with Crippen LogP contribution in [0, 0.1) is 12.8 Å². The van der Waals surface area contributed by atoms with Gasteiger partial charge >= 0.3 is 0 Å². The van der Waals surface area contributed by atoms with Crippen LogP contribution < -0.4 is 5.32 Å². The molecule has 156 valence electrons. The van der Waals surface area contributed by atoms with Crippen molar-refractivity contribution < 1.29 is 9.53 Å². The van der Waals surface area contributed by atoms with Gasteiger partial charge in [-0.15, -0.1) is 0 Å². The lowest BCUT2D eigenvalue weighted by Crippen LogP contribution is -2.50. The maximum atomic E-state index is 12.7. The van der Waals surface area contributed by atoms with Crippen LogP contribution in [0.15, 0.2) is 18.2 Å². The van der Waals surface area contributed by atoms with Gasteiger partial charge in [-0.3, -0.25) is 14.6 Å². The van der Waals surface area contributed by atoms with Crippen LogP contribution in [0.5, 0.6) is 0 Å². The fourth-order valence-electron chi connectivity index (χ4n) is 4.45. The van der Waals surface area contributed by atoms with Crippen LogP contribution >= 0.6 is 11.6 Å². The van der Waals surface area contributed by atoms with Crippen molar-refractivity contribution in [3.05, 3.63) is 28.8 Å². The molecule has 3 unspecified atom stereocenters. The zero-order valence-electron chi connectivity index (χ0n) is 17.6. The first-order valence-electron chi connectivity index (χ1n) is 10.5. The molecule has 2 aliphatic rings. The topological polar surface area (TPSA) is 44.8 Å². The minimum atomic E-state index is -0.136. The number of likely N-dealkylation sites (tertiary alicyclic amines) is 1. The minimum absolute atomic E-state index is 0.0413. The number of hydrogen-bond donors (Lipinski definition) is 1. The minimum Gasteiger partial charge on any atom is -0.373 e.